The number of rotatable bonds is 7. The average molecular weight is 409 g/mol. The molecule has 1 fully saturated rings. The molecule has 6 heteroatoms. The van der Waals surface area contributed by atoms with E-state index < -0.39 is 11.8 Å². The summed E-state index contributed by atoms with van der Waals surface area (Å²) in [7, 11) is 1.33. The lowest BCUT2D eigenvalue weighted by molar-refractivity contribution is -0.272. The highest BCUT2D eigenvalue weighted by atomic mass is 16.7. The minimum absolute atomic E-state index is 0.191. The number of carbonyl (C=O) groups excluding carboxylic acids is 1. The molecule has 0 saturated carbocycles. The van der Waals surface area contributed by atoms with Gasteiger partial charge in [-0.25, -0.2) is 4.79 Å². The highest BCUT2D eigenvalue weighted by molar-refractivity contribution is 5.79. The Hall–Kier alpha value is -2.83. The van der Waals surface area contributed by atoms with Crippen LogP contribution in [0.5, 0.6) is 5.75 Å². The summed E-state index contributed by atoms with van der Waals surface area (Å²) in [5.74, 6) is -0.759. The summed E-state index contributed by atoms with van der Waals surface area (Å²) in [6.07, 6.45) is 2.91. The van der Waals surface area contributed by atoms with E-state index in [1.54, 1.807) is 6.92 Å². The monoisotopic (exact) mass is 409 g/mol. The van der Waals surface area contributed by atoms with E-state index in [2.05, 4.69) is 47.2 Å². The number of fused-ring (bicyclic) bond motifs is 1. The maximum atomic E-state index is 11.7. The van der Waals surface area contributed by atoms with Crippen LogP contribution in [0.3, 0.4) is 0 Å². The van der Waals surface area contributed by atoms with Gasteiger partial charge in [-0.05, 0) is 41.6 Å². The molecule has 0 radical (unpaired) electrons. The fraction of sp³-hybridized carbons (Fsp3) is 0.375. The fourth-order valence-electron chi connectivity index (χ4n) is 3.72. The van der Waals surface area contributed by atoms with Crippen molar-refractivity contribution in [2.75, 3.05) is 26.9 Å². The standard InChI is InChI=1S/C24H27NO5/c1-24(23(26)27-2)29-16-19(17-30-24)15-18-7-9-21(10-8-18)28-14-13-25-12-11-20-5-3-4-6-22(20)25/h3-12,19H,13-17H2,1-2H3/t19-,24-. The minimum atomic E-state index is -1.30. The number of methoxy groups -OCH3 is 1. The second-order valence-electron chi connectivity index (χ2n) is 7.69. The molecule has 1 saturated heterocycles. The van der Waals surface area contributed by atoms with Gasteiger partial charge in [-0.2, -0.15) is 0 Å². The SMILES string of the molecule is COC(=O)[C@]1(C)OC[C@@H](Cc2ccc(OCCn3ccc4ccccc43)cc2)CO1. The second kappa shape index (κ2) is 8.90. The van der Waals surface area contributed by atoms with Crippen LogP contribution in [0.1, 0.15) is 12.5 Å². The number of aromatic nitrogens is 1. The third-order valence-corrected chi connectivity index (χ3v) is 5.47. The van der Waals surface area contributed by atoms with Crippen molar-refractivity contribution < 1.29 is 23.7 Å². The lowest BCUT2D eigenvalue weighted by atomic mass is 9.99. The molecule has 0 unspecified atom stereocenters. The first-order valence-corrected chi connectivity index (χ1v) is 10.2. The van der Waals surface area contributed by atoms with E-state index in [0.29, 0.717) is 19.8 Å². The maximum absolute atomic E-state index is 11.7. The molecule has 0 spiro atoms. The van der Waals surface area contributed by atoms with Crippen LogP contribution >= 0.6 is 0 Å². The Morgan fingerprint density at radius 3 is 2.57 bits per heavy atom. The number of ether oxygens (including phenoxy) is 4. The van der Waals surface area contributed by atoms with E-state index in [1.165, 1.54) is 23.6 Å². The van der Waals surface area contributed by atoms with E-state index in [1.807, 2.05) is 18.2 Å². The maximum Gasteiger partial charge on any atom is 0.366 e. The summed E-state index contributed by atoms with van der Waals surface area (Å²) in [4.78, 5) is 11.7. The normalized spacial score (nSPS) is 21.5. The Morgan fingerprint density at radius 2 is 1.83 bits per heavy atom. The number of para-hydroxylation sites is 1. The molecular formula is C24H27NO5. The molecule has 0 amide bonds. The van der Waals surface area contributed by atoms with E-state index in [9.17, 15) is 4.79 Å². The molecule has 1 aliphatic rings. The van der Waals surface area contributed by atoms with Crippen LogP contribution in [-0.2, 0) is 32.0 Å². The molecule has 2 heterocycles. The van der Waals surface area contributed by atoms with Crippen molar-refractivity contribution in [2.45, 2.75) is 25.7 Å². The minimum Gasteiger partial charge on any atom is -0.492 e. The zero-order chi connectivity index (χ0) is 21.0. The zero-order valence-electron chi connectivity index (χ0n) is 17.4. The molecule has 1 aromatic heterocycles. The lowest BCUT2D eigenvalue weighted by Crippen LogP contribution is -2.48. The summed E-state index contributed by atoms with van der Waals surface area (Å²) >= 11 is 0. The van der Waals surface area contributed by atoms with Crippen molar-refractivity contribution >= 4 is 16.9 Å². The number of nitrogens with zero attached hydrogens (tertiary/aromatic N) is 1. The van der Waals surface area contributed by atoms with Gasteiger partial charge in [0.05, 0.1) is 26.9 Å². The Kier molecular flexibility index (Phi) is 6.06. The summed E-state index contributed by atoms with van der Waals surface area (Å²) < 4.78 is 24.1. The Bertz CT molecular complexity index is 986. The molecule has 0 N–H and O–H groups in total. The first kappa shape index (κ1) is 20.4. The summed E-state index contributed by atoms with van der Waals surface area (Å²) in [6.45, 7) is 3.90. The molecule has 6 nitrogen and oxygen atoms in total. The van der Waals surface area contributed by atoms with Crippen LogP contribution in [0, 0.1) is 5.92 Å². The summed E-state index contributed by atoms with van der Waals surface area (Å²) in [6, 6.07) is 18.6. The van der Waals surface area contributed by atoms with Gasteiger partial charge in [0.15, 0.2) is 0 Å². The first-order valence-electron chi connectivity index (χ1n) is 10.2. The predicted octanol–water partition coefficient (Wildman–Crippen LogP) is 3.82. The van der Waals surface area contributed by atoms with Gasteiger partial charge in [-0.3, -0.25) is 0 Å². The molecule has 4 rings (SSSR count). The van der Waals surface area contributed by atoms with Gasteiger partial charge in [0.1, 0.15) is 12.4 Å². The van der Waals surface area contributed by atoms with Crippen LogP contribution in [-0.4, -0.2) is 43.3 Å². The molecule has 0 atom stereocenters. The van der Waals surface area contributed by atoms with E-state index in [0.717, 1.165) is 18.7 Å². The van der Waals surface area contributed by atoms with E-state index in [-0.39, 0.29) is 5.92 Å². The van der Waals surface area contributed by atoms with Crippen molar-refractivity contribution in [2.24, 2.45) is 5.92 Å². The van der Waals surface area contributed by atoms with E-state index >= 15 is 0 Å². The topological polar surface area (TPSA) is 58.9 Å². The largest absolute Gasteiger partial charge is 0.492 e. The molecule has 158 valence electrons. The van der Waals surface area contributed by atoms with Crippen LogP contribution in [0.25, 0.3) is 10.9 Å². The number of carbonyl (C=O) groups is 1. The predicted molar refractivity (Wildman–Crippen MR) is 113 cm³/mol. The van der Waals surface area contributed by atoms with Crippen molar-refractivity contribution in [3.8, 4) is 5.75 Å². The highest BCUT2D eigenvalue weighted by Gasteiger charge is 2.41. The zero-order valence-corrected chi connectivity index (χ0v) is 17.4. The van der Waals surface area contributed by atoms with Gasteiger partial charge in [-0.1, -0.05) is 30.3 Å². The first-order chi connectivity index (χ1) is 14.6. The van der Waals surface area contributed by atoms with Gasteiger partial charge < -0.3 is 23.5 Å². The third-order valence-electron chi connectivity index (χ3n) is 5.47. The molecule has 2 aromatic carbocycles. The van der Waals surface area contributed by atoms with Gasteiger partial charge in [0.25, 0.3) is 5.79 Å². The Morgan fingerprint density at radius 1 is 1.10 bits per heavy atom. The van der Waals surface area contributed by atoms with Gasteiger partial charge in [0, 0.05) is 24.6 Å². The van der Waals surface area contributed by atoms with Gasteiger partial charge >= 0.3 is 5.97 Å². The lowest BCUT2D eigenvalue weighted by Gasteiger charge is -2.35. The average Bonchev–Trinajstić information content (AvgIpc) is 3.19. The number of esters is 1. The molecule has 0 bridgehead atoms. The summed E-state index contributed by atoms with van der Waals surface area (Å²) in [5.41, 5.74) is 2.40. The molecule has 30 heavy (non-hydrogen) atoms. The quantitative estimate of drug-likeness (QED) is 0.556. The molecule has 0 aliphatic carbocycles. The number of benzene rings is 2. The Labute approximate surface area is 176 Å². The van der Waals surface area contributed by atoms with Gasteiger partial charge in [-0.15, -0.1) is 0 Å². The van der Waals surface area contributed by atoms with E-state index in [4.69, 9.17) is 18.9 Å². The van der Waals surface area contributed by atoms with Crippen LogP contribution in [0.2, 0.25) is 0 Å². The van der Waals surface area contributed by atoms with Crippen molar-refractivity contribution in [3.63, 3.8) is 0 Å². The van der Waals surface area contributed by atoms with Crippen LogP contribution < -0.4 is 4.74 Å². The molecular weight excluding hydrogens is 382 g/mol. The summed E-state index contributed by atoms with van der Waals surface area (Å²) in [5, 5.41) is 1.24. The van der Waals surface area contributed by atoms with Crippen LogP contribution in [0.15, 0.2) is 60.8 Å². The molecule has 1 aliphatic heterocycles. The number of hydrogen-bond acceptors (Lipinski definition) is 5. The van der Waals surface area contributed by atoms with Crippen molar-refractivity contribution in [1.82, 2.24) is 4.57 Å². The highest BCUT2D eigenvalue weighted by Crippen LogP contribution is 2.25. The fourth-order valence-corrected chi connectivity index (χ4v) is 3.72. The second-order valence-corrected chi connectivity index (χ2v) is 7.69. The Balaban J connectivity index is 1.25. The molecule has 3 aromatic rings. The van der Waals surface area contributed by atoms with Crippen molar-refractivity contribution in [1.29, 1.82) is 0 Å². The van der Waals surface area contributed by atoms with Crippen molar-refractivity contribution in [3.05, 3.63) is 66.4 Å². The smallest absolute Gasteiger partial charge is 0.366 e. The number of hydrogen-bond donors (Lipinski definition) is 0. The van der Waals surface area contributed by atoms with Crippen LogP contribution in [0.4, 0.5) is 0 Å². The van der Waals surface area contributed by atoms with Gasteiger partial charge in [0.2, 0.25) is 0 Å². The third kappa shape index (κ3) is 4.50.